The summed E-state index contributed by atoms with van der Waals surface area (Å²) in [6.07, 6.45) is 0. The molecule has 180 valence electrons. The van der Waals surface area contributed by atoms with Crippen molar-refractivity contribution in [2.75, 3.05) is 26.3 Å². The second-order valence-corrected chi connectivity index (χ2v) is 11.7. The number of sulfonamides is 1. The highest BCUT2D eigenvalue weighted by atomic mass is 32.2. The lowest BCUT2D eigenvalue weighted by Crippen LogP contribution is -2.40. The molecule has 1 atom stereocenters. The lowest BCUT2D eigenvalue weighted by Gasteiger charge is -2.26. The van der Waals surface area contributed by atoms with Crippen molar-refractivity contribution in [1.82, 2.24) is 9.62 Å². The molecule has 1 unspecified atom stereocenters. The Bertz CT molecular complexity index is 1230. The van der Waals surface area contributed by atoms with Crippen LogP contribution < -0.4 is 5.32 Å². The molecule has 1 amide bonds. The molecule has 1 aromatic heterocycles. The molecule has 1 aliphatic heterocycles. The van der Waals surface area contributed by atoms with Crippen molar-refractivity contribution in [2.24, 2.45) is 0 Å². The maximum atomic E-state index is 13.4. The minimum Gasteiger partial charge on any atom is -0.379 e. The van der Waals surface area contributed by atoms with Gasteiger partial charge in [-0.2, -0.15) is 4.31 Å². The molecule has 0 saturated carbocycles. The fourth-order valence-corrected chi connectivity index (χ4v) is 6.24. The van der Waals surface area contributed by atoms with Crippen LogP contribution in [0.2, 0.25) is 0 Å². The van der Waals surface area contributed by atoms with E-state index in [2.05, 4.69) is 31.3 Å². The van der Waals surface area contributed by atoms with Crippen molar-refractivity contribution >= 4 is 27.3 Å². The van der Waals surface area contributed by atoms with Gasteiger partial charge in [-0.15, -0.1) is 11.3 Å². The Hall–Kier alpha value is -2.52. The molecule has 2 heterocycles. The van der Waals surface area contributed by atoms with Gasteiger partial charge in [0.05, 0.1) is 24.2 Å². The van der Waals surface area contributed by atoms with Crippen LogP contribution in [-0.4, -0.2) is 44.9 Å². The van der Waals surface area contributed by atoms with Crippen LogP contribution in [0, 0.1) is 6.92 Å². The van der Waals surface area contributed by atoms with Gasteiger partial charge < -0.3 is 10.1 Å². The number of carbonyl (C=O) groups excluding carboxylic acids is 1. The van der Waals surface area contributed by atoms with Crippen molar-refractivity contribution in [2.45, 2.75) is 37.6 Å². The molecule has 8 heteroatoms. The van der Waals surface area contributed by atoms with Crippen LogP contribution in [-0.2, 0) is 14.8 Å². The van der Waals surface area contributed by atoms with Crippen LogP contribution in [0.5, 0.6) is 0 Å². The average molecular weight is 499 g/mol. The monoisotopic (exact) mass is 498 g/mol. The average Bonchev–Trinajstić information content (AvgIpc) is 3.38. The van der Waals surface area contributed by atoms with E-state index >= 15 is 0 Å². The first kappa shape index (κ1) is 24.6. The van der Waals surface area contributed by atoms with Gasteiger partial charge in [0.25, 0.3) is 5.91 Å². The summed E-state index contributed by atoms with van der Waals surface area (Å²) in [7, 11) is -3.70. The number of morpholine rings is 1. The Morgan fingerprint density at radius 3 is 2.32 bits per heavy atom. The summed E-state index contributed by atoms with van der Waals surface area (Å²) in [6.45, 7) is 7.47. The molecular weight excluding hydrogens is 468 g/mol. The number of hydrogen-bond donors (Lipinski definition) is 1. The normalized spacial score (nSPS) is 15.9. The van der Waals surface area contributed by atoms with Gasteiger partial charge in [-0.1, -0.05) is 50.2 Å². The Labute approximate surface area is 205 Å². The van der Waals surface area contributed by atoms with Crippen molar-refractivity contribution < 1.29 is 17.9 Å². The topological polar surface area (TPSA) is 75.7 Å². The smallest absolute Gasteiger partial charge is 0.252 e. The predicted octanol–water partition coefficient (Wildman–Crippen LogP) is 4.72. The quantitative estimate of drug-likeness (QED) is 0.511. The summed E-state index contributed by atoms with van der Waals surface area (Å²) >= 11 is 1.57. The predicted molar refractivity (Wildman–Crippen MR) is 135 cm³/mol. The fourth-order valence-electron chi connectivity index (χ4n) is 4.00. The highest BCUT2D eigenvalue weighted by molar-refractivity contribution is 7.89. The number of aryl methyl sites for hydroxylation is 1. The second-order valence-electron chi connectivity index (χ2n) is 8.74. The number of nitrogens with zero attached hydrogens (tertiary/aromatic N) is 1. The summed E-state index contributed by atoms with van der Waals surface area (Å²) in [5.74, 6) is 0.116. The molecular formula is C26H30N2O4S2. The summed E-state index contributed by atoms with van der Waals surface area (Å²) in [5.41, 5.74) is 3.29. The maximum absolute atomic E-state index is 13.4. The molecule has 1 aliphatic rings. The maximum Gasteiger partial charge on any atom is 0.252 e. The van der Waals surface area contributed by atoms with Crippen LogP contribution in [0.4, 0.5) is 0 Å². The minimum atomic E-state index is -3.70. The second kappa shape index (κ2) is 10.4. The number of thiophene rings is 1. The number of nitrogens with one attached hydrogen (secondary N) is 1. The van der Waals surface area contributed by atoms with Gasteiger partial charge >= 0.3 is 0 Å². The summed E-state index contributed by atoms with van der Waals surface area (Å²) in [5, 5.41) is 5.13. The highest BCUT2D eigenvalue weighted by Gasteiger charge is 2.28. The van der Waals surface area contributed by atoms with Gasteiger partial charge in [0.15, 0.2) is 0 Å². The molecule has 2 aromatic carbocycles. The minimum absolute atomic E-state index is 0.124. The molecule has 34 heavy (non-hydrogen) atoms. The van der Waals surface area contributed by atoms with Crippen molar-refractivity contribution in [3.05, 3.63) is 87.1 Å². The van der Waals surface area contributed by atoms with Crippen LogP contribution >= 0.6 is 11.3 Å². The van der Waals surface area contributed by atoms with E-state index < -0.39 is 10.0 Å². The van der Waals surface area contributed by atoms with Gasteiger partial charge in [0.2, 0.25) is 10.0 Å². The molecule has 0 radical (unpaired) electrons. The van der Waals surface area contributed by atoms with Crippen LogP contribution in [0.25, 0.3) is 0 Å². The van der Waals surface area contributed by atoms with Crippen LogP contribution in [0.1, 0.15) is 57.7 Å². The van der Waals surface area contributed by atoms with Crippen molar-refractivity contribution in [3.63, 3.8) is 0 Å². The van der Waals surface area contributed by atoms with Crippen molar-refractivity contribution in [1.29, 1.82) is 0 Å². The zero-order valence-electron chi connectivity index (χ0n) is 19.7. The largest absolute Gasteiger partial charge is 0.379 e. The van der Waals surface area contributed by atoms with Gasteiger partial charge in [0, 0.05) is 23.5 Å². The molecule has 0 aliphatic carbocycles. The number of rotatable bonds is 7. The van der Waals surface area contributed by atoms with Crippen LogP contribution in [0.3, 0.4) is 0 Å². The Kier molecular flexibility index (Phi) is 7.52. The number of carbonyl (C=O) groups is 1. The van der Waals surface area contributed by atoms with E-state index in [9.17, 15) is 13.2 Å². The van der Waals surface area contributed by atoms with Gasteiger partial charge in [-0.25, -0.2) is 8.42 Å². The molecule has 1 fully saturated rings. The van der Waals surface area contributed by atoms with E-state index in [-0.39, 0.29) is 16.8 Å². The van der Waals surface area contributed by atoms with Gasteiger partial charge in [-0.05, 0) is 53.1 Å². The Morgan fingerprint density at radius 1 is 1.03 bits per heavy atom. The molecule has 3 aromatic rings. The van der Waals surface area contributed by atoms with Crippen LogP contribution in [0.15, 0.2) is 64.9 Å². The third-order valence-corrected chi connectivity index (χ3v) is 8.93. The fraction of sp³-hybridized carbons (Fsp3) is 0.346. The molecule has 0 spiro atoms. The van der Waals surface area contributed by atoms with E-state index in [0.717, 1.165) is 16.0 Å². The van der Waals surface area contributed by atoms with Crippen molar-refractivity contribution in [3.8, 4) is 0 Å². The van der Waals surface area contributed by atoms with Gasteiger partial charge in [-0.3, -0.25) is 4.79 Å². The highest BCUT2D eigenvalue weighted by Crippen LogP contribution is 2.29. The molecule has 6 nitrogen and oxygen atoms in total. The van der Waals surface area contributed by atoms with Gasteiger partial charge in [0.1, 0.15) is 0 Å². The summed E-state index contributed by atoms with van der Waals surface area (Å²) in [4.78, 5) is 14.6. The first-order valence-corrected chi connectivity index (χ1v) is 13.7. The lowest BCUT2D eigenvalue weighted by molar-refractivity contribution is 0.0730. The Morgan fingerprint density at radius 2 is 1.71 bits per heavy atom. The zero-order chi connectivity index (χ0) is 24.3. The third kappa shape index (κ3) is 5.25. The zero-order valence-corrected chi connectivity index (χ0v) is 21.3. The first-order valence-electron chi connectivity index (χ1n) is 11.4. The summed E-state index contributed by atoms with van der Waals surface area (Å²) < 4.78 is 33.0. The van der Waals surface area contributed by atoms with E-state index in [1.807, 2.05) is 36.6 Å². The molecule has 4 rings (SSSR count). The van der Waals surface area contributed by atoms with E-state index in [0.29, 0.717) is 37.8 Å². The number of amides is 1. The number of benzene rings is 2. The number of hydrogen-bond acceptors (Lipinski definition) is 5. The van der Waals surface area contributed by atoms with E-state index in [1.54, 1.807) is 23.5 Å². The molecule has 1 saturated heterocycles. The SMILES string of the molecule is Cc1ccc(S(=O)(=O)N2CCOCC2)cc1C(=O)NC(c1ccc(C(C)C)cc1)c1cccs1. The summed E-state index contributed by atoms with van der Waals surface area (Å²) in [6, 6.07) is 16.7. The standard InChI is InChI=1S/C26H30N2O4S2/c1-18(2)20-7-9-21(10-8-20)25(24-5-4-16-33-24)27-26(29)23-17-22(11-6-19(23)3)34(30,31)28-12-14-32-15-13-28/h4-11,16-18,25H,12-15H2,1-3H3,(H,27,29). The Balaban J connectivity index is 1.63. The lowest BCUT2D eigenvalue weighted by atomic mass is 9.98. The molecule has 0 bridgehead atoms. The van der Waals surface area contributed by atoms with E-state index in [4.69, 9.17) is 4.74 Å². The molecule has 1 N–H and O–H groups in total. The van der Waals surface area contributed by atoms with E-state index in [1.165, 1.54) is 15.9 Å². The third-order valence-electron chi connectivity index (χ3n) is 6.10. The first-order chi connectivity index (χ1) is 16.3. The number of ether oxygens (including phenoxy) is 1.